The molecule has 2 fully saturated rings. The predicted molar refractivity (Wildman–Crippen MR) is 137 cm³/mol. The van der Waals surface area contributed by atoms with Crippen LogP contribution in [0, 0.1) is 24.1 Å². The van der Waals surface area contributed by atoms with E-state index in [0.717, 1.165) is 24.6 Å². The van der Waals surface area contributed by atoms with Crippen molar-refractivity contribution in [3.05, 3.63) is 88.5 Å². The molecule has 2 atom stereocenters. The second kappa shape index (κ2) is 10.3. The molecule has 1 unspecified atom stereocenters. The molecule has 2 aromatic carbocycles. The molecule has 3 aromatic rings. The number of alkyl halides is 3. The molecule has 1 aromatic heterocycles. The summed E-state index contributed by atoms with van der Waals surface area (Å²) in [5.41, 5.74) is 0.994. The smallest absolute Gasteiger partial charge is 0.433 e. The largest absolute Gasteiger partial charge is 0.460 e. The Labute approximate surface area is 223 Å². The average Bonchev–Trinajstić information content (AvgIpc) is 3.68. The van der Waals surface area contributed by atoms with Crippen molar-refractivity contribution in [2.45, 2.75) is 51.6 Å². The highest BCUT2D eigenvalue weighted by Gasteiger charge is 2.36. The predicted octanol–water partition coefficient (Wildman–Crippen LogP) is 6.25. The molecule has 1 aliphatic carbocycles. The summed E-state index contributed by atoms with van der Waals surface area (Å²) in [4.78, 5) is 18.8. The first kappa shape index (κ1) is 26.6. The van der Waals surface area contributed by atoms with Gasteiger partial charge in [0.25, 0.3) is 11.9 Å². The van der Waals surface area contributed by atoms with E-state index >= 15 is 0 Å². The van der Waals surface area contributed by atoms with Gasteiger partial charge in [-0.15, -0.1) is 0 Å². The van der Waals surface area contributed by atoms with Crippen LogP contribution in [0.15, 0.2) is 54.7 Å². The van der Waals surface area contributed by atoms with Gasteiger partial charge in [-0.25, -0.2) is 4.39 Å². The van der Waals surface area contributed by atoms with E-state index < -0.39 is 17.8 Å². The van der Waals surface area contributed by atoms with Crippen molar-refractivity contribution < 1.29 is 27.1 Å². The monoisotopic (exact) mass is 540 g/mol. The van der Waals surface area contributed by atoms with Gasteiger partial charge in [-0.1, -0.05) is 18.2 Å². The summed E-state index contributed by atoms with van der Waals surface area (Å²) in [7, 11) is 0. The lowest BCUT2D eigenvalue weighted by molar-refractivity contribution is -0.140. The van der Waals surface area contributed by atoms with E-state index in [9.17, 15) is 22.4 Å². The van der Waals surface area contributed by atoms with Crippen molar-refractivity contribution in [3.63, 3.8) is 0 Å². The van der Waals surface area contributed by atoms with Crippen molar-refractivity contribution in [1.82, 2.24) is 15.2 Å². The summed E-state index contributed by atoms with van der Waals surface area (Å²) >= 11 is 0. The molecule has 1 aliphatic heterocycles. The number of benzene rings is 2. The van der Waals surface area contributed by atoms with Crippen molar-refractivity contribution in [1.29, 1.82) is 5.41 Å². The zero-order valence-corrected chi connectivity index (χ0v) is 21.5. The number of aryl methyl sites for hydroxylation is 1. The van der Waals surface area contributed by atoms with Gasteiger partial charge in [0.1, 0.15) is 11.9 Å². The summed E-state index contributed by atoms with van der Waals surface area (Å²) < 4.78 is 60.7. The molecule has 1 amide bonds. The third kappa shape index (κ3) is 5.89. The minimum Gasteiger partial charge on any atom is -0.460 e. The van der Waals surface area contributed by atoms with Crippen molar-refractivity contribution in [2.75, 3.05) is 6.54 Å². The fourth-order valence-electron chi connectivity index (χ4n) is 4.98. The summed E-state index contributed by atoms with van der Waals surface area (Å²) in [5.74, 6) is -0.587. The fraction of sp³-hybridized carbons (Fsp3) is 0.345. The Balaban J connectivity index is 1.52. The van der Waals surface area contributed by atoms with Crippen molar-refractivity contribution >= 4 is 11.9 Å². The quantitative estimate of drug-likeness (QED) is 0.347. The molecule has 2 aliphatic rings. The van der Waals surface area contributed by atoms with Crippen molar-refractivity contribution in [2.24, 2.45) is 5.92 Å². The second-order valence-electron chi connectivity index (χ2n) is 10.2. The van der Waals surface area contributed by atoms with Gasteiger partial charge in [0, 0.05) is 23.9 Å². The van der Waals surface area contributed by atoms with Gasteiger partial charge in [-0.2, -0.15) is 13.2 Å². The van der Waals surface area contributed by atoms with Gasteiger partial charge in [-0.3, -0.25) is 15.2 Å². The number of ether oxygens (including phenoxy) is 1. The molecule has 0 radical (unpaired) electrons. The van der Waals surface area contributed by atoms with Gasteiger partial charge in [0.15, 0.2) is 5.69 Å². The number of halogens is 4. The standard InChI is InChI=1S/C29H28F4N4O2/c1-16-10-20(7-8-24(16)30)25(19-5-6-19)36-27(38)22-12-18(15-37-14-17(2)39-28(37)34)11-21(13-22)23-4-3-9-35-26(23)29(31,32)33/h3-4,7-13,17,19,25,34H,5-6,14-15H2,1-2H3,(H,36,38)/t17-,25?/m1/s1. The molecular formula is C29H28F4N4O2. The number of nitrogens with one attached hydrogen (secondary N) is 2. The number of rotatable bonds is 7. The topological polar surface area (TPSA) is 78.3 Å². The normalized spacial score (nSPS) is 18.2. The second-order valence-corrected chi connectivity index (χ2v) is 10.2. The van der Waals surface area contributed by atoms with E-state index in [4.69, 9.17) is 10.1 Å². The van der Waals surface area contributed by atoms with Crippen LogP contribution in [0.2, 0.25) is 0 Å². The third-order valence-electron chi connectivity index (χ3n) is 7.01. The molecule has 10 heteroatoms. The molecule has 1 saturated carbocycles. The molecule has 0 bridgehead atoms. The number of carbonyl (C=O) groups is 1. The minimum absolute atomic E-state index is 0.0308. The molecule has 2 heterocycles. The highest BCUT2D eigenvalue weighted by Crippen LogP contribution is 2.42. The highest BCUT2D eigenvalue weighted by atomic mass is 19.4. The Morgan fingerprint density at radius 2 is 1.97 bits per heavy atom. The molecule has 6 nitrogen and oxygen atoms in total. The van der Waals surface area contributed by atoms with Gasteiger partial charge < -0.3 is 15.0 Å². The van der Waals surface area contributed by atoms with Crippen LogP contribution in [-0.2, 0) is 17.5 Å². The maximum absolute atomic E-state index is 13.9. The average molecular weight is 541 g/mol. The highest BCUT2D eigenvalue weighted by molar-refractivity contribution is 5.96. The van der Waals surface area contributed by atoms with E-state index in [1.807, 2.05) is 6.92 Å². The molecule has 0 spiro atoms. The van der Waals surface area contributed by atoms with Crippen molar-refractivity contribution in [3.8, 4) is 11.1 Å². The number of amides is 1. The van der Waals surface area contributed by atoms with E-state index in [1.165, 1.54) is 24.3 Å². The Morgan fingerprint density at radius 3 is 2.62 bits per heavy atom. The van der Waals surface area contributed by atoms with Gasteiger partial charge in [0.05, 0.1) is 12.6 Å². The van der Waals surface area contributed by atoms with Gasteiger partial charge in [0.2, 0.25) is 0 Å². The first-order valence-electron chi connectivity index (χ1n) is 12.7. The Bertz CT molecular complexity index is 1420. The van der Waals surface area contributed by atoms with E-state index in [2.05, 4.69) is 10.3 Å². The van der Waals surface area contributed by atoms with E-state index in [0.29, 0.717) is 17.7 Å². The third-order valence-corrected chi connectivity index (χ3v) is 7.01. The maximum Gasteiger partial charge on any atom is 0.433 e. The zero-order valence-electron chi connectivity index (χ0n) is 21.5. The lowest BCUT2D eigenvalue weighted by Crippen LogP contribution is -2.30. The number of hydrogen-bond donors (Lipinski definition) is 2. The summed E-state index contributed by atoms with van der Waals surface area (Å²) in [5, 5.41) is 11.1. The van der Waals surface area contributed by atoms with Crippen LogP contribution >= 0.6 is 0 Å². The van der Waals surface area contributed by atoms with Crippen LogP contribution in [0.3, 0.4) is 0 Å². The number of aromatic nitrogens is 1. The first-order chi connectivity index (χ1) is 18.5. The van der Waals surface area contributed by atoms with Crippen LogP contribution < -0.4 is 5.32 Å². The lowest BCUT2D eigenvalue weighted by Gasteiger charge is -2.21. The molecule has 1 saturated heterocycles. The number of pyridine rings is 1. The minimum atomic E-state index is -4.69. The molecule has 39 heavy (non-hydrogen) atoms. The number of hydrogen-bond acceptors (Lipinski definition) is 4. The molecule has 5 rings (SSSR count). The number of carbonyl (C=O) groups excluding carboxylic acids is 1. The Kier molecular flexibility index (Phi) is 7.05. The van der Waals surface area contributed by atoms with Crippen LogP contribution in [0.4, 0.5) is 17.6 Å². The van der Waals surface area contributed by atoms with Crippen LogP contribution in [0.25, 0.3) is 11.1 Å². The summed E-state index contributed by atoms with van der Waals surface area (Å²) in [6, 6.07) is 11.7. The SMILES string of the molecule is Cc1cc(C(NC(=O)c2cc(CN3C[C@@H](C)OC3=N)cc(-c3cccnc3C(F)(F)F)c2)C2CC2)ccc1F. The van der Waals surface area contributed by atoms with Crippen LogP contribution in [-0.4, -0.2) is 34.5 Å². The van der Waals surface area contributed by atoms with E-state index in [-0.39, 0.29) is 53.1 Å². The first-order valence-corrected chi connectivity index (χ1v) is 12.7. The van der Waals surface area contributed by atoms with E-state index in [1.54, 1.807) is 36.1 Å². The lowest BCUT2D eigenvalue weighted by atomic mass is 9.96. The van der Waals surface area contributed by atoms with Gasteiger partial charge in [-0.05, 0) is 85.2 Å². The molecular weight excluding hydrogens is 512 g/mol. The van der Waals surface area contributed by atoms with Crippen LogP contribution in [0.1, 0.15) is 58.5 Å². The number of nitrogens with zero attached hydrogens (tertiary/aromatic N) is 2. The summed E-state index contributed by atoms with van der Waals surface area (Å²) in [6.45, 7) is 4.11. The summed E-state index contributed by atoms with van der Waals surface area (Å²) in [6.07, 6.45) is -1.98. The van der Waals surface area contributed by atoms with Crippen LogP contribution in [0.5, 0.6) is 0 Å². The zero-order chi connectivity index (χ0) is 27.9. The Morgan fingerprint density at radius 1 is 1.21 bits per heavy atom. The van der Waals surface area contributed by atoms with Gasteiger partial charge >= 0.3 is 6.18 Å². The molecule has 204 valence electrons. The number of amidine groups is 1. The Hall–Kier alpha value is -3.95. The maximum atomic E-state index is 13.9. The molecule has 2 N–H and O–H groups in total. The fourth-order valence-corrected chi connectivity index (χ4v) is 4.98.